The van der Waals surface area contributed by atoms with Gasteiger partial charge in [0.2, 0.25) is 5.91 Å². The van der Waals surface area contributed by atoms with Crippen LogP contribution in [0, 0.1) is 0 Å². The Morgan fingerprint density at radius 1 is 1.09 bits per heavy atom. The average molecular weight is 303 g/mol. The third-order valence-corrected chi connectivity index (χ3v) is 4.34. The first-order valence-corrected chi connectivity index (χ1v) is 7.75. The van der Waals surface area contributed by atoms with Gasteiger partial charge in [-0.25, -0.2) is 4.79 Å². The van der Waals surface area contributed by atoms with Crippen LogP contribution in [0.15, 0.2) is 18.2 Å². The molecular formula is C16H21N3O3. The van der Waals surface area contributed by atoms with Crippen LogP contribution < -0.4 is 5.32 Å². The summed E-state index contributed by atoms with van der Waals surface area (Å²) in [5, 5.41) is 12.2. The number of amides is 3. The summed E-state index contributed by atoms with van der Waals surface area (Å²) in [7, 11) is 0. The highest BCUT2D eigenvalue weighted by Gasteiger charge is 2.23. The Labute approximate surface area is 129 Å². The molecule has 3 amide bonds. The van der Waals surface area contributed by atoms with E-state index in [4.69, 9.17) is 0 Å². The quantitative estimate of drug-likeness (QED) is 0.859. The first-order valence-electron chi connectivity index (χ1n) is 7.75. The van der Waals surface area contributed by atoms with E-state index in [1.807, 2.05) is 6.07 Å². The molecule has 118 valence electrons. The smallest absolute Gasteiger partial charge is 0.318 e. The second-order valence-corrected chi connectivity index (χ2v) is 5.87. The third kappa shape index (κ3) is 3.16. The standard InChI is InChI=1S/C16H21N3O3/c20-14-4-3-12-5-8-19(11-13(12)9-14)16(22)17-10-15(21)18-6-1-2-7-18/h3-4,9,20H,1-2,5-8,10-11H2,(H,17,22). The lowest BCUT2D eigenvalue weighted by Crippen LogP contribution is -2.46. The number of nitrogens with zero attached hydrogens (tertiary/aromatic N) is 2. The number of aromatic hydroxyl groups is 1. The zero-order valence-electron chi connectivity index (χ0n) is 12.5. The van der Waals surface area contributed by atoms with Crippen molar-refractivity contribution in [2.75, 3.05) is 26.2 Å². The van der Waals surface area contributed by atoms with Gasteiger partial charge in [-0.3, -0.25) is 4.79 Å². The molecule has 3 rings (SSSR count). The minimum absolute atomic E-state index is 0.0131. The van der Waals surface area contributed by atoms with Gasteiger partial charge in [0.05, 0.1) is 6.54 Å². The van der Waals surface area contributed by atoms with Crippen molar-refractivity contribution in [2.45, 2.75) is 25.8 Å². The fraction of sp³-hybridized carbons (Fsp3) is 0.500. The Hall–Kier alpha value is -2.24. The predicted octanol–water partition coefficient (Wildman–Crippen LogP) is 1.08. The van der Waals surface area contributed by atoms with Gasteiger partial charge in [0, 0.05) is 26.2 Å². The lowest BCUT2D eigenvalue weighted by atomic mass is 10.00. The molecule has 6 nitrogen and oxygen atoms in total. The van der Waals surface area contributed by atoms with Crippen LogP contribution in [0.25, 0.3) is 0 Å². The van der Waals surface area contributed by atoms with E-state index in [9.17, 15) is 14.7 Å². The molecule has 6 heteroatoms. The Kier molecular flexibility index (Phi) is 4.18. The van der Waals surface area contributed by atoms with Gasteiger partial charge in [-0.1, -0.05) is 6.07 Å². The lowest BCUT2D eigenvalue weighted by molar-refractivity contribution is -0.129. The molecule has 0 saturated carbocycles. The van der Waals surface area contributed by atoms with E-state index in [2.05, 4.69) is 5.32 Å². The van der Waals surface area contributed by atoms with Gasteiger partial charge in [0.25, 0.3) is 0 Å². The summed E-state index contributed by atoms with van der Waals surface area (Å²) in [5.74, 6) is 0.200. The van der Waals surface area contributed by atoms with Gasteiger partial charge < -0.3 is 20.2 Å². The van der Waals surface area contributed by atoms with Crippen molar-refractivity contribution in [1.82, 2.24) is 15.1 Å². The summed E-state index contributed by atoms with van der Waals surface area (Å²) >= 11 is 0. The minimum Gasteiger partial charge on any atom is -0.508 e. The molecule has 0 atom stereocenters. The van der Waals surface area contributed by atoms with Crippen molar-refractivity contribution < 1.29 is 14.7 Å². The van der Waals surface area contributed by atoms with Gasteiger partial charge in [-0.2, -0.15) is 0 Å². The highest BCUT2D eigenvalue weighted by atomic mass is 16.3. The van der Waals surface area contributed by atoms with Crippen LogP contribution in [0.1, 0.15) is 24.0 Å². The molecule has 22 heavy (non-hydrogen) atoms. The van der Waals surface area contributed by atoms with E-state index >= 15 is 0 Å². The summed E-state index contributed by atoms with van der Waals surface area (Å²) in [4.78, 5) is 27.6. The van der Waals surface area contributed by atoms with E-state index < -0.39 is 0 Å². The molecule has 2 N–H and O–H groups in total. The fourth-order valence-corrected chi connectivity index (χ4v) is 3.06. The van der Waals surface area contributed by atoms with E-state index in [-0.39, 0.29) is 24.2 Å². The average Bonchev–Trinajstić information content (AvgIpc) is 3.06. The monoisotopic (exact) mass is 303 g/mol. The number of phenols is 1. The molecule has 2 aliphatic heterocycles. The normalized spacial score (nSPS) is 17.3. The molecule has 1 fully saturated rings. The maximum absolute atomic E-state index is 12.2. The molecule has 1 saturated heterocycles. The zero-order valence-corrected chi connectivity index (χ0v) is 12.5. The van der Waals surface area contributed by atoms with Crippen molar-refractivity contribution in [1.29, 1.82) is 0 Å². The first kappa shape index (κ1) is 14.7. The van der Waals surface area contributed by atoms with E-state index in [1.54, 1.807) is 21.9 Å². The molecule has 0 aromatic heterocycles. The molecule has 0 radical (unpaired) electrons. The van der Waals surface area contributed by atoms with Crippen molar-refractivity contribution in [3.05, 3.63) is 29.3 Å². The predicted molar refractivity (Wildman–Crippen MR) is 81.4 cm³/mol. The summed E-state index contributed by atoms with van der Waals surface area (Å²) in [6, 6.07) is 5.05. The molecular weight excluding hydrogens is 282 g/mol. The number of urea groups is 1. The number of nitrogens with one attached hydrogen (secondary N) is 1. The van der Waals surface area contributed by atoms with Gasteiger partial charge >= 0.3 is 6.03 Å². The van der Waals surface area contributed by atoms with Crippen LogP contribution in [-0.4, -0.2) is 53.0 Å². The minimum atomic E-state index is -0.221. The van der Waals surface area contributed by atoms with E-state index in [0.717, 1.165) is 43.5 Å². The Bertz CT molecular complexity index is 582. The number of fused-ring (bicyclic) bond motifs is 1. The first-order chi connectivity index (χ1) is 10.6. The van der Waals surface area contributed by atoms with Crippen LogP contribution >= 0.6 is 0 Å². The maximum atomic E-state index is 12.2. The number of hydrogen-bond acceptors (Lipinski definition) is 3. The van der Waals surface area contributed by atoms with Crippen LogP contribution in [0.5, 0.6) is 5.75 Å². The number of carbonyl (C=O) groups excluding carboxylic acids is 2. The summed E-state index contributed by atoms with van der Waals surface area (Å²) in [6.07, 6.45) is 2.86. The van der Waals surface area contributed by atoms with Crippen molar-refractivity contribution in [3.8, 4) is 5.75 Å². The van der Waals surface area contributed by atoms with Crippen molar-refractivity contribution >= 4 is 11.9 Å². The number of phenolic OH excluding ortho intramolecular Hbond substituents is 1. The molecule has 1 aromatic carbocycles. The SMILES string of the molecule is O=C(CNC(=O)N1CCc2ccc(O)cc2C1)N1CCCC1. The number of likely N-dealkylation sites (tertiary alicyclic amines) is 1. The van der Waals surface area contributed by atoms with E-state index in [1.165, 1.54) is 0 Å². The number of hydrogen-bond donors (Lipinski definition) is 2. The summed E-state index contributed by atoms with van der Waals surface area (Å²) in [5.41, 5.74) is 2.13. The lowest BCUT2D eigenvalue weighted by Gasteiger charge is -2.29. The fourth-order valence-electron chi connectivity index (χ4n) is 3.06. The van der Waals surface area contributed by atoms with Gasteiger partial charge in [0.15, 0.2) is 0 Å². The highest BCUT2D eigenvalue weighted by molar-refractivity contribution is 5.84. The molecule has 1 aromatic rings. The second-order valence-electron chi connectivity index (χ2n) is 5.87. The second kappa shape index (κ2) is 6.25. The molecule has 0 unspecified atom stereocenters. The topological polar surface area (TPSA) is 72.9 Å². The Morgan fingerprint density at radius 3 is 2.64 bits per heavy atom. The third-order valence-electron chi connectivity index (χ3n) is 4.34. The van der Waals surface area contributed by atoms with Gasteiger partial charge in [0.1, 0.15) is 5.75 Å². The van der Waals surface area contributed by atoms with Crippen LogP contribution in [-0.2, 0) is 17.8 Å². The molecule has 2 aliphatic rings. The van der Waals surface area contributed by atoms with Gasteiger partial charge in [-0.05, 0) is 42.5 Å². The number of rotatable bonds is 2. The summed E-state index contributed by atoms with van der Waals surface area (Å²) < 4.78 is 0. The van der Waals surface area contributed by atoms with Crippen molar-refractivity contribution in [3.63, 3.8) is 0 Å². The Morgan fingerprint density at radius 2 is 1.86 bits per heavy atom. The molecule has 0 bridgehead atoms. The number of benzene rings is 1. The zero-order chi connectivity index (χ0) is 15.5. The van der Waals surface area contributed by atoms with Crippen LogP contribution in [0.2, 0.25) is 0 Å². The molecule has 0 aliphatic carbocycles. The molecule has 0 spiro atoms. The van der Waals surface area contributed by atoms with Crippen LogP contribution in [0.4, 0.5) is 4.79 Å². The highest BCUT2D eigenvalue weighted by Crippen LogP contribution is 2.23. The van der Waals surface area contributed by atoms with Crippen LogP contribution in [0.3, 0.4) is 0 Å². The number of carbonyl (C=O) groups is 2. The molecule has 2 heterocycles. The Balaban J connectivity index is 1.54. The largest absolute Gasteiger partial charge is 0.508 e. The van der Waals surface area contributed by atoms with E-state index in [0.29, 0.717) is 13.1 Å². The van der Waals surface area contributed by atoms with Crippen molar-refractivity contribution in [2.24, 2.45) is 0 Å². The summed E-state index contributed by atoms with van der Waals surface area (Å²) in [6.45, 7) is 2.74. The maximum Gasteiger partial charge on any atom is 0.318 e. The van der Waals surface area contributed by atoms with Gasteiger partial charge in [-0.15, -0.1) is 0 Å².